The maximum absolute atomic E-state index is 13.8. The lowest BCUT2D eigenvalue weighted by Gasteiger charge is -2.52. The van der Waals surface area contributed by atoms with Gasteiger partial charge in [-0.1, -0.05) is 55.8 Å². The molecule has 0 unspecified atom stereocenters. The first kappa shape index (κ1) is 24.2. The molecule has 0 atom stereocenters. The van der Waals surface area contributed by atoms with Crippen molar-refractivity contribution in [1.29, 1.82) is 0 Å². The Balaban J connectivity index is 1.39. The minimum absolute atomic E-state index is 0.0496. The number of rotatable bonds is 8. The zero-order valence-electron chi connectivity index (χ0n) is 21.7. The summed E-state index contributed by atoms with van der Waals surface area (Å²) in [6.45, 7) is 5.72. The van der Waals surface area contributed by atoms with Crippen LogP contribution in [0.5, 0.6) is 5.75 Å². The first-order chi connectivity index (χ1) is 17.0. The Kier molecular flexibility index (Phi) is 6.80. The number of nitrogens with zero attached hydrogens (tertiary/aromatic N) is 3. The summed E-state index contributed by atoms with van der Waals surface area (Å²) in [5.41, 5.74) is 2.59. The summed E-state index contributed by atoms with van der Waals surface area (Å²) in [7, 11) is 3.96. The Morgan fingerprint density at radius 1 is 1.00 bits per heavy atom. The summed E-state index contributed by atoms with van der Waals surface area (Å²) in [4.78, 5) is 20.8. The molecule has 5 rings (SSSR count). The molecule has 1 aliphatic heterocycles. The molecule has 2 aromatic rings. The second-order valence-corrected chi connectivity index (χ2v) is 11.0. The summed E-state index contributed by atoms with van der Waals surface area (Å²) in [5.74, 6) is 1.53. The minimum atomic E-state index is -0.0496. The number of hydrogen-bond donors (Lipinski definition) is 0. The molecule has 5 nitrogen and oxygen atoms in total. The third-order valence-electron chi connectivity index (χ3n) is 9.28. The molecule has 2 amide bonds. The maximum Gasteiger partial charge on any atom is 0.320 e. The first-order valence-electron chi connectivity index (χ1n) is 13.5. The van der Waals surface area contributed by atoms with E-state index in [1.54, 1.807) is 7.11 Å². The van der Waals surface area contributed by atoms with Gasteiger partial charge in [0.2, 0.25) is 0 Å². The average Bonchev–Trinajstić information content (AvgIpc) is 3.12. The van der Waals surface area contributed by atoms with Crippen LogP contribution in [0.4, 0.5) is 4.79 Å². The van der Waals surface area contributed by atoms with Gasteiger partial charge in [-0.25, -0.2) is 4.79 Å². The van der Waals surface area contributed by atoms with E-state index in [2.05, 4.69) is 71.1 Å². The molecule has 0 radical (unpaired) electrons. The van der Waals surface area contributed by atoms with Crippen molar-refractivity contribution in [3.05, 3.63) is 65.7 Å². The van der Waals surface area contributed by atoms with Gasteiger partial charge in [0.1, 0.15) is 5.75 Å². The van der Waals surface area contributed by atoms with E-state index < -0.39 is 0 Å². The summed E-state index contributed by atoms with van der Waals surface area (Å²) in [6.07, 6.45) is 8.15. The Morgan fingerprint density at radius 3 is 2.26 bits per heavy atom. The molecule has 3 fully saturated rings. The molecule has 188 valence electrons. The predicted molar refractivity (Wildman–Crippen MR) is 140 cm³/mol. The van der Waals surface area contributed by atoms with Gasteiger partial charge in [0, 0.05) is 25.2 Å². The van der Waals surface area contributed by atoms with Crippen LogP contribution in [0.25, 0.3) is 0 Å². The molecule has 1 saturated heterocycles. The molecule has 2 aromatic carbocycles. The van der Waals surface area contributed by atoms with E-state index in [1.165, 1.54) is 30.4 Å². The SMILES string of the molecule is CCN(C)[C@]1(c2ccccc2)CC[C@@]2(CC1)CN(Cc1ccc(OC)cc1)C(=O)N2CC1CCC1. The summed E-state index contributed by atoms with van der Waals surface area (Å²) in [6, 6.07) is 19.4. The molecule has 35 heavy (non-hydrogen) atoms. The Hall–Kier alpha value is -2.53. The number of ether oxygens (including phenoxy) is 1. The van der Waals surface area contributed by atoms with Crippen LogP contribution in [0.2, 0.25) is 0 Å². The molecule has 5 heteroatoms. The van der Waals surface area contributed by atoms with Crippen molar-refractivity contribution in [3.8, 4) is 5.75 Å². The molecule has 1 spiro atoms. The Morgan fingerprint density at radius 2 is 1.69 bits per heavy atom. The predicted octanol–water partition coefficient (Wildman–Crippen LogP) is 5.89. The summed E-state index contributed by atoms with van der Waals surface area (Å²) in [5, 5.41) is 0. The third-order valence-corrected chi connectivity index (χ3v) is 9.28. The number of urea groups is 1. The van der Waals surface area contributed by atoms with Crippen LogP contribution in [0.1, 0.15) is 63.0 Å². The van der Waals surface area contributed by atoms with Crippen LogP contribution in [-0.4, -0.2) is 60.1 Å². The topological polar surface area (TPSA) is 36.0 Å². The van der Waals surface area contributed by atoms with Gasteiger partial charge in [0.05, 0.1) is 12.6 Å². The fraction of sp³-hybridized carbons (Fsp3) is 0.567. The van der Waals surface area contributed by atoms with Gasteiger partial charge < -0.3 is 14.5 Å². The van der Waals surface area contributed by atoms with E-state index in [-0.39, 0.29) is 17.1 Å². The lowest BCUT2D eigenvalue weighted by molar-refractivity contribution is 0.00699. The highest BCUT2D eigenvalue weighted by molar-refractivity contribution is 5.78. The molecular formula is C30H41N3O2. The molecule has 3 aliphatic rings. The van der Waals surface area contributed by atoms with Gasteiger partial charge in [0.15, 0.2) is 0 Å². The van der Waals surface area contributed by atoms with Crippen LogP contribution in [-0.2, 0) is 12.1 Å². The van der Waals surface area contributed by atoms with Crippen molar-refractivity contribution in [3.63, 3.8) is 0 Å². The number of amides is 2. The standard InChI is InChI=1S/C30H41N3O2/c1-4-31(2)30(26-11-6-5-7-12-26)19-17-29(18-20-30)23-32(21-25-13-15-27(35-3)16-14-25)28(34)33(29)22-24-9-8-10-24/h5-7,11-16,24H,4,8-10,17-23H2,1-3H3/t29-,30-. The van der Waals surface area contributed by atoms with E-state index in [4.69, 9.17) is 4.74 Å². The monoisotopic (exact) mass is 475 g/mol. The number of hydrogen-bond acceptors (Lipinski definition) is 3. The number of carbonyl (C=O) groups is 1. The highest BCUT2D eigenvalue weighted by Gasteiger charge is 2.55. The molecule has 0 bridgehead atoms. The Labute approximate surface area is 211 Å². The van der Waals surface area contributed by atoms with Crippen LogP contribution < -0.4 is 4.74 Å². The van der Waals surface area contributed by atoms with Crippen LogP contribution >= 0.6 is 0 Å². The summed E-state index contributed by atoms with van der Waals surface area (Å²) < 4.78 is 5.32. The fourth-order valence-electron chi connectivity index (χ4n) is 6.66. The van der Waals surface area contributed by atoms with Crippen LogP contribution in [0.15, 0.2) is 54.6 Å². The minimum Gasteiger partial charge on any atom is -0.497 e. The van der Waals surface area contributed by atoms with E-state index in [1.807, 2.05) is 12.1 Å². The third kappa shape index (κ3) is 4.44. The summed E-state index contributed by atoms with van der Waals surface area (Å²) >= 11 is 0. The molecule has 1 heterocycles. The Bertz CT molecular complexity index is 994. The quantitative estimate of drug-likeness (QED) is 0.477. The van der Waals surface area contributed by atoms with Crippen molar-refractivity contribution in [2.45, 2.75) is 69.5 Å². The number of carbonyl (C=O) groups excluding carboxylic acids is 1. The average molecular weight is 476 g/mol. The van der Waals surface area contributed by atoms with Crippen molar-refractivity contribution in [1.82, 2.24) is 14.7 Å². The second kappa shape index (κ2) is 9.85. The van der Waals surface area contributed by atoms with Crippen molar-refractivity contribution >= 4 is 6.03 Å². The van der Waals surface area contributed by atoms with Gasteiger partial charge in [-0.3, -0.25) is 4.90 Å². The van der Waals surface area contributed by atoms with E-state index in [9.17, 15) is 4.79 Å². The second-order valence-electron chi connectivity index (χ2n) is 11.0. The first-order valence-corrected chi connectivity index (χ1v) is 13.5. The smallest absolute Gasteiger partial charge is 0.320 e. The van der Waals surface area contributed by atoms with E-state index in [0.29, 0.717) is 12.5 Å². The van der Waals surface area contributed by atoms with Gasteiger partial charge >= 0.3 is 6.03 Å². The molecule has 2 saturated carbocycles. The van der Waals surface area contributed by atoms with Crippen LogP contribution in [0.3, 0.4) is 0 Å². The fourth-order valence-corrected chi connectivity index (χ4v) is 6.66. The lowest BCUT2D eigenvalue weighted by Crippen LogP contribution is -2.57. The highest BCUT2D eigenvalue weighted by Crippen LogP contribution is 2.50. The number of benzene rings is 2. The molecular weight excluding hydrogens is 434 g/mol. The van der Waals surface area contributed by atoms with E-state index in [0.717, 1.165) is 51.1 Å². The zero-order chi connectivity index (χ0) is 24.5. The van der Waals surface area contributed by atoms with Crippen molar-refractivity contribution in [2.24, 2.45) is 5.92 Å². The van der Waals surface area contributed by atoms with Crippen LogP contribution in [0, 0.1) is 5.92 Å². The zero-order valence-corrected chi connectivity index (χ0v) is 21.7. The van der Waals surface area contributed by atoms with E-state index >= 15 is 0 Å². The highest BCUT2D eigenvalue weighted by atomic mass is 16.5. The van der Waals surface area contributed by atoms with Gasteiger partial charge in [-0.05, 0) is 81.3 Å². The molecule has 0 aromatic heterocycles. The van der Waals surface area contributed by atoms with Crippen molar-refractivity contribution in [2.75, 3.05) is 33.8 Å². The number of methoxy groups -OCH3 is 1. The van der Waals surface area contributed by atoms with Gasteiger partial charge in [-0.15, -0.1) is 0 Å². The maximum atomic E-state index is 13.8. The molecule has 2 aliphatic carbocycles. The van der Waals surface area contributed by atoms with Gasteiger partial charge in [-0.2, -0.15) is 0 Å². The lowest BCUT2D eigenvalue weighted by atomic mass is 9.68. The largest absolute Gasteiger partial charge is 0.497 e. The molecule has 0 N–H and O–H groups in total. The van der Waals surface area contributed by atoms with Crippen molar-refractivity contribution < 1.29 is 9.53 Å². The normalized spacial score (nSPS) is 27.0. The van der Waals surface area contributed by atoms with Gasteiger partial charge in [0.25, 0.3) is 0 Å².